The van der Waals surface area contributed by atoms with Crippen LogP contribution >= 0.6 is 23.2 Å². The number of anilines is 1. The number of nitrogens with two attached hydrogens (primary N) is 1. The molecule has 0 bridgehead atoms. The van der Waals surface area contributed by atoms with Gasteiger partial charge in [-0.3, -0.25) is 19.9 Å². The second-order valence-electron chi connectivity index (χ2n) is 8.47. The third-order valence-corrected chi connectivity index (χ3v) is 6.79. The molecule has 204 valence electrons. The van der Waals surface area contributed by atoms with Crippen molar-refractivity contribution in [1.82, 2.24) is 19.9 Å². The molecule has 3 heterocycles. The van der Waals surface area contributed by atoms with Gasteiger partial charge in [-0.05, 0) is 18.2 Å². The molecule has 0 atom stereocenters. The highest BCUT2D eigenvalue weighted by Crippen LogP contribution is 2.47. The Morgan fingerprint density at radius 1 is 1.00 bits per heavy atom. The summed E-state index contributed by atoms with van der Waals surface area (Å²) >= 11 is 12.9. The highest BCUT2D eigenvalue weighted by molar-refractivity contribution is 6.41. The number of halogens is 2. The van der Waals surface area contributed by atoms with Gasteiger partial charge in [0.2, 0.25) is 0 Å². The fraction of sp³-hybridized carbons (Fsp3) is 0.259. The number of fused-ring (bicyclic) bond motifs is 1. The van der Waals surface area contributed by atoms with Crippen LogP contribution in [0.25, 0.3) is 22.2 Å². The number of carboxylic acid groups (broad SMARTS) is 1. The van der Waals surface area contributed by atoms with Gasteiger partial charge in [0, 0.05) is 49.2 Å². The lowest BCUT2D eigenvalue weighted by atomic mass is 10.00. The lowest BCUT2D eigenvalue weighted by molar-refractivity contribution is 0.0336. The van der Waals surface area contributed by atoms with Gasteiger partial charge < -0.3 is 25.1 Å². The Balaban J connectivity index is 0.000000212. The summed E-state index contributed by atoms with van der Waals surface area (Å²) in [5, 5.41) is 9.89. The summed E-state index contributed by atoms with van der Waals surface area (Å²) in [5.41, 5.74) is 8.95. The average molecular weight is 572 g/mol. The molecule has 4 aromatic rings. The molecule has 10 nitrogen and oxygen atoms in total. The predicted molar refractivity (Wildman–Crippen MR) is 150 cm³/mol. The fourth-order valence-corrected chi connectivity index (χ4v) is 4.78. The van der Waals surface area contributed by atoms with E-state index in [1.54, 1.807) is 18.3 Å². The van der Waals surface area contributed by atoms with Crippen molar-refractivity contribution < 1.29 is 24.1 Å². The monoisotopic (exact) mass is 571 g/mol. The van der Waals surface area contributed by atoms with E-state index in [0.717, 1.165) is 44.2 Å². The molecule has 0 amide bonds. The second kappa shape index (κ2) is 12.9. The molecule has 1 fully saturated rings. The number of nitrogens with zero attached hydrogens (tertiary/aromatic N) is 4. The zero-order chi connectivity index (χ0) is 27.9. The van der Waals surface area contributed by atoms with Crippen molar-refractivity contribution in [2.45, 2.75) is 6.54 Å². The maximum Gasteiger partial charge on any atom is 0.337 e. The van der Waals surface area contributed by atoms with E-state index in [2.05, 4.69) is 19.9 Å². The van der Waals surface area contributed by atoms with Crippen molar-refractivity contribution >= 4 is 45.9 Å². The number of carbonyl (C=O) groups is 1. The molecule has 0 spiro atoms. The summed E-state index contributed by atoms with van der Waals surface area (Å²) in [6.07, 6.45) is 4.60. The third-order valence-electron chi connectivity index (χ3n) is 6.04. The van der Waals surface area contributed by atoms with Crippen LogP contribution in [0.3, 0.4) is 0 Å². The average Bonchev–Trinajstić information content (AvgIpc) is 2.95. The molecule has 1 aliphatic heterocycles. The molecule has 3 N–H and O–H groups in total. The third kappa shape index (κ3) is 6.48. The van der Waals surface area contributed by atoms with Crippen molar-refractivity contribution in [3.8, 4) is 22.6 Å². The minimum Gasteiger partial charge on any atom is -0.495 e. The van der Waals surface area contributed by atoms with Crippen molar-refractivity contribution in [2.75, 3.05) is 46.3 Å². The van der Waals surface area contributed by atoms with E-state index in [-0.39, 0.29) is 21.1 Å². The van der Waals surface area contributed by atoms with Crippen LogP contribution in [-0.4, -0.2) is 71.5 Å². The quantitative estimate of drug-likeness (QED) is 0.332. The zero-order valence-electron chi connectivity index (χ0n) is 21.4. The van der Waals surface area contributed by atoms with Crippen molar-refractivity contribution in [2.24, 2.45) is 0 Å². The molecular formula is C27H27Cl2N5O5. The predicted octanol–water partition coefficient (Wildman–Crippen LogP) is 4.82. The highest BCUT2D eigenvalue weighted by Gasteiger charge is 2.23. The Hall–Kier alpha value is -3.70. The van der Waals surface area contributed by atoms with E-state index in [1.165, 1.54) is 32.7 Å². The van der Waals surface area contributed by atoms with Gasteiger partial charge in [-0.1, -0.05) is 29.3 Å². The van der Waals surface area contributed by atoms with Crippen LogP contribution in [0, 0.1) is 0 Å². The molecule has 12 heteroatoms. The first-order valence-corrected chi connectivity index (χ1v) is 12.7. The smallest absolute Gasteiger partial charge is 0.337 e. The van der Waals surface area contributed by atoms with E-state index in [4.69, 9.17) is 43.1 Å². The van der Waals surface area contributed by atoms with Gasteiger partial charge in [0.25, 0.3) is 0 Å². The number of ether oxygens (including phenoxy) is 3. The number of nitrogen functional groups attached to an aromatic ring is 1. The van der Waals surface area contributed by atoms with E-state index < -0.39 is 5.97 Å². The van der Waals surface area contributed by atoms with Crippen LogP contribution in [0.2, 0.25) is 10.0 Å². The number of aromatic carboxylic acids is 1. The summed E-state index contributed by atoms with van der Waals surface area (Å²) in [6.45, 7) is 4.53. The molecule has 5 rings (SSSR count). The van der Waals surface area contributed by atoms with Gasteiger partial charge >= 0.3 is 5.97 Å². The fourth-order valence-electron chi connectivity index (χ4n) is 4.07. The Bertz CT molecular complexity index is 1440. The van der Waals surface area contributed by atoms with Crippen LogP contribution in [0.4, 0.5) is 5.69 Å². The summed E-state index contributed by atoms with van der Waals surface area (Å²) < 4.78 is 15.8. The van der Waals surface area contributed by atoms with E-state index in [0.29, 0.717) is 28.1 Å². The van der Waals surface area contributed by atoms with Gasteiger partial charge in [0.05, 0.1) is 66.1 Å². The van der Waals surface area contributed by atoms with Gasteiger partial charge in [-0.2, -0.15) is 0 Å². The molecule has 1 saturated heterocycles. The zero-order valence-corrected chi connectivity index (χ0v) is 22.9. The highest BCUT2D eigenvalue weighted by atomic mass is 35.5. The summed E-state index contributed by atoms with van der Waals surface area (Å²) in [6, 6.07) is 8.47. The van der Waals surface area contributed by atoms with Crippen LogP contribution in [-0.2, 0) is 11.3 Å². The van der Waals surface area contributed by atoms with Crippen molar-refractivity contribution in [1.29, 1.82) is 0 Å². The Kier molecular flexibility index (Phi) is 9.36. The largest absolute Gasteiger partial charge is 0.495 e. The van der Waals surface area contributed by atoms with Crippen LogP contribution in [0.1, 0.15) is 16.1 Å². The van der Waals surface area contributed by atoms with Crippen LogP contribution in [0.5, 0.6) is 11.5 Å². The molecule has 2 aromatic heterocycles. The maximum absolute atomic E-state index is 11.4. The number of carboxylic acids is 1. The lowest BCUT2D eigenvalue weighted by Crippen LogP contribution is -2.35. The first-order chi connectivity index (χ1) is 18.8. The minimum absolute atomic E-state index is 0.0361. The molecule has 0 aliphatic carbocycles. The molecule has 1 aliphatic rings. The van der Waals surface area contributed by atoms with E-state index in [9.17, 15) is 9.90 Å². The number of morpholine rings is 1. The second-order valence-corrected chi connectivity index (χ2v) is 9.23. The molecule has 0 saturated carbocycles. The van der Waals surface area contributed by atoms with E-state index >= 15 is 0 Å². The molecular weight excluding hydrogens is 545 g/mol. The number of pyridine rings is 1. The first kappa shape index (κ1) is 28.3. The number of benzene rings is 2. The van der Waals surface area contributed by atoms with Crippen LogP contribution in [0.15, 0.2) is 48.9 Å². The Morgan fingerprint density at radius 2 is 1.64 bits per heavy atom. The minimum atomic E-state index is -1.10. The number of rotatable bonds is 6. The summed E-state index contributed by atoms with van der Waals surface area (Å²) in [4.78, 5) is 26.4. The Labute approximate surface area is 235 Å². The lowest BCUT2D eigenvalue weighted by Gasteiger charge is -2.26. The number of aromatic nitrogens is 3. The SMILES string of the molecule is COc1cc(OC)c(Cl)c(-c2ccc(C(=O)O)c3nccnc23)c1Cl.Nc1ccc(CN2CCOCC2)nc1. The van der Waals surface area contributed by atoms with E-state index in [1.807, 2.05) is 12.1 Å². The number of hydrogen-bond donors (Lipinski definition) is 2. The summed E-state index contributed by atoms with van der Waals surface area (Å²) in [5.74, 6) is -0.355. The van der Waals surface area contributed by atoms with Gasteiger partial charge in [0.1, 0.15) is 17.0 Å². The molecule has 2 aromatic carbocycles. The molecule has 0 radical (unpaired) electrons. The summed E-state index contributed by atoms with van der Waals surface area (Å²) in [7, 11) is 2.95. The molecule has 39 heavy (non-hydrogen) atoms. The number of methoxy groups -OCH3 is 2. The van der Waals surface area contributed by atoms with Crippen molar-refractivity contribution in [3.05, 3.63) is 70.2 Å². The van der Waals surface area contributed by atoms with Crippen molar-refractivity contribution in [3.63, 3.8) is 0 Å². The molecule has 0 unspecified atom stereocenters. The normalized spacial score (nSPS) is 13.4. The topological polar surface area (TPSA) is 133 Å². The maximum atomic E-state index is 11.4. The van der Waals surface area contributed by atoms with Gasteiger partial charge in [-0.15, -0.1) is 0 Å². The number of hydrogen-bond acceptors (Lipinski definition) is 9. The van der Waals surface area contributed by atoms with Gasteiger partial charge in [-0.25, -0.2) is 4.79 Å². The van der Waals surface area contributed by atoms with Gasteiger partial charge in [0.15, 0.2) is 0 Å². The van der Waals surface area contributed by atoms with Crippen LogP contribution < -0.4 is 15.2 Å². The standard InChI is InChI=1S/C17H12Cl2N2O4.C10H15N3O/c1-24-10-7-11(25-2)14(19)12(13(10)18)8-3-4-9(17(22)23)16-15(8)20-5-6-21-16;11-9-1-2-10(12-7-9)8-13-3-5-14-6-4-13/h3-7H,1-2H3,(H,22,23);1-2,7H,3-6,8,11H2. The first-order valence-electron chi connectivity index (χ1n) is 11.9. The Morgan fingerprint density at radius 3 is 2.21 bits per heavy atom.